The number of piperidine rings is 1. The molecule has 1 N–H and O–H groups in total. The van der Waals surface area contributed by atoms with Crippen LogP contribution < -0.4 is 5.32 Å². The summed E-state index contributed by atoms with van der Waals surface area (Å²) < 4.78 is 0. The largest absolute Gasteiger partial charge is 0.353 e. The van der Waals surface area contributed by atoms with E-state index in [0.717, 1.165) is 12.8 Å². The second kappa shape index (κ2) is 9.45. The van der Waals surface area contributed by atoms with Crippen LogP contribution in [0.2, 0.25) is 0 Å². The highest BCUT2D eigenvalue weighted by Crippen LogP contribution is 2.26. The van der Waals surface area contributed by atoms with Gasteiger partial charge in [-0.15, -0.1) is 0 Å². The van der Waals surface area contributed by atoms with Gasteiger partial charge in [0, 0.05) is 19.0 Å². The molecule has 0 bridgehead atoms. The minimum atomic E-state index is 0.291. The third kappa shape index (κ3) is 5.98. The van der Waals surface area contributed by atoms with Gasteiger partial charge in [-0.1, -0.05) is 39.0 Å². The summed E-state index contributed by atoms with van der Waals surface area (Å²) in [4.78, 5) is 14.7. The van der Waals surface area contributed by atoms with Gasteiger partial charge >= 0.3 is 0 Å². The molecule has 3 nitrogen and oxygen atoms in total. The molecule has 2 aliphatic rings. The third-order valence-electron chi connectivity index (χ3n) is 5.20. The van der Waals surface area contributed by atoms with Gasteiger partial charge in [0.1, 0.15) is 0 Å². The Kier molecular flexibility index (Phi) is 7.56. The molecule has 2 atom stereocenters. The second-order valence-electron chi connectivity index (χ2n) is 7.04. The van der Waals surface area contributed by atoms with Crippen molar-refractivity contribution in [1.82, 2.24) is 10.2 Å². The van der Waals surface area contributed by atoms with Crippen molar-refractivity contribution in [2.45, 2.75) is 83.6 Å². The summed E-state index contributed by atoms with van der Waals surface area (Å²) in [5.74, 6) is 0.978. The van der Waals surface area contributed by atoms with Gasteiger partial charge in [-0.3, -0.25) is 4.79 Å². The maximum absolute atomic E-state index is 12.1. The Balaban J connectivity index is 1.76. The molecule has 2 rings (SSSR count). The van der Waals surface area contributed by atoms with Crippen molar-refractivity contribution >= 4 is 5.91 Å². The molecule has 1 aliphatic heterocycles. The highest BCUT2D eigenvalue weighted by atomic mass is 16.1. The number of carbonyl (C=O) groups is 1. The zero-order valence-corrected chi connectivity index (χ0v) is 13.9. The Labute approximate surface area is 130 Å². The van der Waals surface area contributed by atoms with E-state index in [-0.39, 0.29) is 0 Å². The van der Waals surface area contributed by atoms with E-state index in [1.165, 1.54) is 77.4 Å². The molecule has 1 unspecified atom stereocenters. The molecule has 1 aliphatic carbocycles. The van der Waals surface area contributed by atoms with Crippen LogP contribution in [0, 0.1) is 5.92 Å². The lowest BCUT2D eigenvalue weighted by atomic mass is 9.83. The number of nitrogens with zero attached hydrogens (tertiary/aromatic N) is 1. The highest BCUT2D eigenvalue weighted by Gasteiger charge is 2.28. The van der Waals surface area contributed by atoms with Gasteiger partial charge in [-0.25, -0.2) is 0 Å². The van der Waals surface area contributed by atoms with E-state index in [2.05, 4.69) is 17.1 Å². The molecule has 2 fully saturated rings. The SMILES string of the molecule is CCCCCC(=O)NC1CCCC[C@H]1CN1CCCCC1. The fraction of sp³-hybridized carbons (Fsp3) is 0.944. The number of unbranched alkanes of at least 4 members (excludes halogenated alkanes) is 2. The molecular weight excluding hydrogens is 260 g/mol. The highest BCUT2D eigenvalue weighted by molar-refractivity contribution is 5.76. The summed E-state index contributed by atoms with van der Waals surface area (Å²) in [6.45, 7) is 5.94. The van der Waals surface area contributed by atoms with E-state index in [4.69, 9.17) is 0 Å². The van der Waals surface area contributed by atoms with Crippen LogP contribution in [0.15, 0.2) is 0 Å². The predicted octanol–water partition coefficient (Wildman–Crippen LogP) is 3.73. The molecule has 0 aromatic carbocycles. The molecule has 0 spiro atoms. The quantitative estimate of drug-likeness (QED) is 0.726. The van der Waals surface area contributed by atoms with E-state index >= 15 is 0 Å². The molecule has 0 radical (unpaired) electrons. The standard InChI is InChI=1S/C18H34N2O/c1-2-3-5-12-18(21)19-17-11-7-6-10-16(17)15-20-13-8-4-9-14-20/h16-17H,2-15H2,1H3,(H,19,21)/t16-,17?/m0/s1. The normalized spacial score (nSPS) is 27.5. The Morgan fingerprint density at radius 3 is 2.57 bits per heavy atom. The Bertz CT molecular complexity index is 300. The molecule has 3 heteroatoms. The molecule has 1 saturated carbocycles. The zero-order valence-electron chi connectivity index (χ0n) is 13.9. The van der Waals surface area contributed by atoms with E-state index < -0.39 is 0 Å². The number of rotatable bonds is 7. The van der Waals surface area contributed by atoms with Gasteiger partial charge in [0.05, 0.1) is 0 Å². The molecule has 1 saturated heterocycles. The van der Waals surface area contributed by atoms with Crippen LogP contribution in [-0.4, -0.2) is 36.5 Å². The first kappa shape index (κ1) is 16.8. The van der Waals surface area contributed by atoms with E-state index in [9.17, 15) is 4.79 Å². The first-order valence-corrected chi connectivity index (χ1v) is 9.31. The lowest BCUT2D eigenvalue weighted by Gasteiger charge is -2.37. The van der Waals surface area contributed by atoms with Crippen molar-refractivity contribution in [2.24, 2.45) is 5.92 Å². The Hall–Kier alpha value is -0.570. The van der Waals surface area contributed by atoms with Crippen LogP contribution in [0.25, 0.3) is 0 Å². The minimum absolute atomic E-state index is 0.291. The molecule has 1 heterocycles. The summed E-state index contributed by atoms with van der Waals surface area (Å²) >= 11 is 0. The van der Waals surface area contributed by atoms with E-state index in [1.54, 1.807) is 0 Å². The first-order valence-electron chi connectivity index (χ1n) is 9.31. The lowest BCUT2D eigenvalue weighted by molar-refractivity contribution is -0.122. The molecule has 21 heavy (non-hydrogen) atoms. The van der Waals surface area contributed by atoms with Gasteiger partial charge in [-0.05, 0) is 51.1 Å². The monoisotopic (exact) mass is 294 g/mol. The summed E-state index contributed by atoms with van der Waals surface area (Å²) in [7, 11) is 0. The van der Waals surface area contributed by atoms with Crippen molar-refractivity contribution < 1.29 is 4.79 Å². The van der Waals surface area contributed by atoms with Crippen molar-refractivity contribution in [1.29, 1.82) is 0 Å². The molecular formula is C18H34N2O. The maximum atomic E-state index is 12.1. The minimum Gasteiger partial charge on any atom is -0.353 e. The molecule has 1 amide bonds. The summed E-state index contributed by atoms with van der Waals surface area (Å²) in [6, 6.07) is 0.440. The number of carbonyl (C=O) groups excluding carboxylic acids is 1. The number of amides is 1. The zero-order chi connectivity index (χ0) is 14.9. The number of nitrogens with one attached hydrogen (secondary N) is 1. The van der Waals surface area contributed by atoms with Gasteiger partial charge in [0.25, 0.3) is 0 Å². The van der Waals surface area contributed by atoms with Crippen LogP contribution in [0.1, 0.15) is 77.6 Å². The molecule has 0 aromatic heterocycles. The van der Waals surface area contributed by atoms with Gasteiger partial charge in [0.15, 0.2) is 0 Å². The van der Waals surface area contributed by atoms with Gasteiger partial charge in [-0.2, -0.15) is 0 Å². The van der Waals surface area contributed by atoms with Crippen molar-refractivity contribution in [3.63, 3.8) is 0 Å². The number of likely N-dealkylation sites (tertiary alicyclic amines) is 1. The lowest BCUT2D eigenvalue weighted by Crippen LogP contribution is -2.47. The van der Waals surface area contributed by atoms with Crippen LogP contribution in [0.5, 0.6) is 0 Å². The summed E-state index contributed by atoms with van der Waals surface area (Å²) in [6.07, 6.45) is 13.4. The first-order chi connectivity index (χ1) is 10.3. The van der Waals surface area contributed by atoms with E-state index in [0.29, 0.717) is 17.9 Å². The molecule has 122 valence electrons. The smallest absolute Gasteiger partial charge is 0.220 e. The van der Waals surface area contributed by atoms with Crippen molar-refractivity contribution in [3.05, 3.63) is 0 Å². The van der Waals surface area contributed by atoms with Crippen molar-refractivity contribution in [3.8, 4) is 0 Å². The predicted molar refractivity (Wildman–Crippen MR) is 88.3 cm³/mol. The second-order valence-corrected chi connectivity index (χ2v) is 7.04. The van der Waals surface area contributed by atoms with E-state index in [1.807, 2.05) is 0 Å². The number of hydrogen-bond donors (Lipinski definition) is 1. The fourth-order valence-corrected chi connectivity index (χ4v) is 3.90. The average molecular weight is 294 g/mol. The summed E-state index contributed by atoms with van der Waals surface area (Å²) in [5.41, 5.74) is 0. The Morgan fingerprint density at radius 1 is 1.05 bits per heavy atom. The van der Waals surface area contributed by atoms with Gasteiger partial charge < -0.3 is 10.2 Å². The summed E-state index contributed by atoms with van der Waals surface area (Å²) in [5, 5.41) is 3.35. The Morgan fingerprint density at radius 2 is 1.81 bits per heavy atom. The van der Waals surface area contributed by atoms with Crippen LogP contribution in [-0.2, 0) is 4.79 Å². The molecule has 0 aromatic rings. The van der Waals surface area contributed by atoms with Crippen LogP contribution >= 0.6 is 0 Å². The third-order valence-corrected chi connectivity index (χ3v) is 5.20. The maximum Gasteiger partial charge on any atom is 0.220 e. The van der Waals surface area contributed by atoms with Gasteiger partial charge in [0.2, 0.25) is 5.91 Å². The van der Waals surface area contributed by atoms with Crippen LogP contribution in [0.3, 0.4) is 0 Å². The topological polar surface area (TPSA) is 32.3 Å². The average Bonchev–Trinajstić information content (AvgIpc) is 2.51. The number of hydrogen-bond acceptors (Lipinski definition) is 2. The van der Waals surface area contributed by atoms with Crippen LogP contribution in [0.4, 0.5) is 0 Å². The van der Waals surface area contributed by atoms with Crippen molar-refractivity contribution in [2.75, 3.05) is 19.6 Å². The fourth-order valence-electron chi connectivity index (χ4n) is 3.90.